The van der Waals surface area contributed by atoms with E-state index in [1.165, 1.54) is 18.8 Å². The second-order valence-corrected chi connectivity index (χ2v) is 8.19. The van der Waals surface area contributed by atoms with Gasteiger partial charge in [0, 0.05) is 12.3 Å². The average molecular weight is 526 g/mol. The maximum absolute atomic E-state index is 12.9. The summed E-state index contributed by atoms with van der Waals surface area (Å²) in [6.45, 7) is 14.8. The monoisotopic (exact) mass is 525 g/mol. The highest BCUT2D eigenvalue weighted by atomic mass is 16.9. The summed E-state index contributed by atoms with van der Waals surface area (Å²) in [6.07, 6.45) is 12.0. The molecule has 0 aromatic carbocycles. The van der Waals surface area contributed by atoms with E-state index in [0.717, 1.165) is 25.7 Å². The summed E-state index contributed by atoms with van der Waals surface area (Å²) in [5.74, 6) is -0.125. The molecule has 1 N–H and O–H groups in total. The fourth-order valence-corrected chi connectivity index (χ4v) is 3.23. The number of hydrogen-bond acceptors (Lipinski definition) is 11. The zero-order valence-electron chi connectivity index (χ0n) is 22.0. The van der Waals surface area contributed by atoms with Crippen LogP contribution in [0.2, 0.25) is 0 Å². The molecule has 0 aromatic rings. The first-order valence-corrected chi connectivity index (χ1v) is 12.7. The molecular formula is C26H43N3O8-2. The van der Waals surface area contributed by atoms with Crippen LogP contribution < -0.4 is 5.48 Å². The van der Waals surface area contributed by atoms with Crippen molar-refractivity contribution in [2.45, 2.75) is 51.5 Å². The standard InChI is InChI=1S/C26H43N3O8/c1-5-32-14-8-9-17-35-22-28(30)25-20-23(4)24(27-36-18-12-10-15-33-6-2)21-26(25)29(31)37-19-13-11-16-34-7-3/h5-7,20-21,23-24,27H,1-3,8-19,22H2,4H3/q-2. The first-order valence-electron chi connectivity index (χ1n) is 12.7. The quantitative estimate of drug-likeness (QED) is 0.0778. The molecule has 0 bridgehead atoms. The van der Waals surface area contributed by atoms with E-state index >= 15 is 0 Å². The minimum Gasteiger partial charge on any atom is -0.757 e. The highest BCUT2D eigenvalue weighted by Gasteiger charge is 2.24. The van der Waals surface area contributed by atoms with Crippen LogP contribution >= 0.6 is 0 Å². The zero-order chi connectivity index (χ0) is 27.1. The van der Waals surface area contributed by atoms with Crippen LogP contribution in [0.1, 0.15) is 45.4 Å². The number of unbranched alkanes of at least 4 members (excludes halogenated alkanes) is 3. The number of hydroxylamine groups is 5. The van der Waals surface area contributed by atoms with Crippen molar-refractivity contribution < 1.29 is 28.6 Å². The van der Waals surface area contributed by atoms with Crippen LogP contribution in [0, 0.1) is 16.3 Å². The van der Waals surface area contributed by atoms with Crippen molar-refractivity contribution in [3.05, 3.63) is 72.5 Å². The molecule has 11 heteroatoms. The third kappa shape index (κ3) is 14.7. The molecule has 2 unspecified atom stereocenters. The van der Waals surface area contributed by atoms with Crippen molar-refractivity contribution in [3.63, 3.8) is 0 Å². The van der Waals surface area contributed by atoms with Gasteiger partial charge in [-0.2, -0.15) is 5.48 Å². The molecule has 0 saturated carbocycles. The van der Waals surface area contributed by atoms with Crippen molar-refractivity contribution in [1.82, 2.24) is 15.8 Å². The van der Waals surface area contributed by atoms with Crippen LogP contribution in [0.15, 0.2) is 62.1 Å². The lowest BCUT2D eigenvalue weighted by Crippen LogP contribution is -2.39. The molecule has 37 heavy (non-hydrogen) atoms. The van der Waals surface area contributed by atoms with Gasteiger partial charge in [-0.15, -0.1) is 0 Å². The number of ether oxygens (including phenoxy) is 4. The molecule has 0 aromatic heterocycles. The highest BCUT2D eigenvalue weighted by molar-refractivity contribution is 5.35. The molecule has 1 aliphatic rings. The Bertz CT molecular complexity index is 689. The first-order chi connectivity index (χ1) is 18.0. The Balaban J connectivity index is 2.67. The molecule has 1 aliphatic carbocycles. The predicted molar refractivity (Wildman–Crippen MR) is 142 cm³/mol. The molecule has 0 saturated heterocycles. The van der Waals surface area contributed by atoms with E-state index in [0.29, 0.717) is 56.2 Å². The lowest BCUT2D eigenvalue weighted by molar-refractivity contribution is -0.0961. The van der Waals surface area contributed by atoms with E-state index in [2.05, 4.69) is 25.2 Å². The molecule has 11 nitrogen and oxygen atoms in total. The number of nitrogens with zero attached hydrogens (tertiary/aromatic N) is 2. The van der Waals surface area contributed by atoms with Gasteiger partial charge >= 0.3 is 0 Å². The van der Waals surface area contributed by atoms with Crippen molar-refractivity contribution >= 4 is 0 Å². The Hall–Kier alpha value is -2.54. The van der Waals surface area contributed by atoms with Crippen LogP contribution in [0.5, 0.6) is 0 Å². The van der Waals surface area contributed by atoms with Gasteiger partial charge in [0.2, 0.25) is 0 Å². The lowest BCUT2D eigenvalue weighted by atomic mass is 9.94. The second kappa shape index (κ2) is 21.5. The predicted octanol–water partition coefficient (Wildman–Crippen LogP) is 4.62. The summed E-state index contributed by atoms with van der Waals surface area (Å²) in [5, 5.41) is 26.7. The van der Waals surface area contributed by atoms with Gasteiger partial charge in [0.25, 0.3) is 0 Å². The molecule has 0 aliphatic heterocycles. The van der Waals surface area contributed by atoms with E-state index in [1.807, 2.05) is 6.92 Å². The topological polar surface area (TPSA) is 120 Å². The molecule has 0 amide bonds. The maximum atomic E-state index is 12.9. The normalized spacial score (nSPS) is 16.8. The number of nitrogens with one attached hydrogen (secondary N) is 1. The van der Waals surface area contributed by atoms with Gasteiger partial charge in [-0.05, 0) is 50.5 Å². The first kappa shape index (κ1) is 32.5. The second-order valence-electron chi connectivity index (χ2n) is 8.19. The van der Waals surface area contributed by atoms with Gasteiger partial charge in [0.1, 0.15) is 6.73 Å². The largest absolute Gasteiger partial charge is 0.757 e. The van der Waals surface area contributed by atoms with Crippen molar-refractivity contribution in [2.24, 2.45) is 5.92 Å². The maximum Gasteiger partial charge on any atom is 0.108 e. The van der Waals surface area contributed by atoms with Crippen LogP contribution in [0.3, 0.4) is 0 Å². The van der Waals surface area contributed by atoms with Gasteiger partial charge in [-0.25, -0.2) is 0 Å². The van der Waals surface area contributed by atoms with Crippen molar-refractivity contribution in [3.8, 4) is 0 Å². The Morgan fingerprint density at radius 3 is 1.92 bits per heavy atom. The summed E-state index contributed by atoms with van der Waals surface area (Å²) >= 11 is 0. The van der Waals surface area contributed by atoms with Gasteiger partial charge in [-0.1, -0.05) is 32.7 Å². The summed E-state index contributed by atoms with van der Waals surface area (Å²) in [5.41, 5.74) is 3.26. The molecular weight excluding hydrogens is 482 g/mol. The Kier molecular flexibility index (Phi) is 18.9. The molecule has 2 atom stereocenters. The lowest BCUT2D eigenvalue weighted by Gasteiger charge is -2.43. The fourth-order valence-electron chi connectivity index (χ4n) is 3.23. The summed E-state index contributed by atoms with van der Waals surface area (Å²) in [7, 11) is 0. The van der Waals surface area contributed by atoms with Crippen molar-refractivity contribution in [1.29, 1.82) is 0 Å². The minimum atomic E-state index is -0.330. The third-order valence-electron chi connectivity index (χ3n) is 5.26. The minimum absolute atomic E-state index is 0.0962. The van der Waals surface area contributed by atoms with E-state index in [1.54, 1.807) is 12.2 Å². The third-order valence-corrected chi connectivity index (χ3v) is 5.26. The Labute approximate surface area is 221 Å². The van der Waals surface area contributed by atoms with Crippen LogP contribution in [0.4, 0.5) is 0 Å². The van der Waals surface area contributed by atoms with Crippen LogP contribution in [-0.4, -0.2) is 62.7 Å². The summed E-state index contributed by atoms with van der Waals surface area (Å²) in [6, 6.07) is -0.330. The summed E-state index contributed by atoms with van der Waals surface area (Å²) in [4.78, 5) is 10.9. The van der Waals surface area contributed by atoms with E-state index in [-0.39, 0.29) is 36.7 Å². The number of hydrogen-bond donors (Lipinski definition) is 1. The molecule has 0 heterocycles. The smallest absolute Gasteiger partial charge is 0.108 e. The van der Waals surface area contributed by atoms with Crippen LogP contribution in [0.25, 0.3) is 0 Å². The molecule has 0 spiro atoms. The summed E-state index contributed by atoms with van der Waals surface area (Å²) < 4.78 is 20.7. The number of rotatable bonds is 25. The highest BCUT2D eigenvalue weighted by Crippen LogP contribution is 2.28. The SMILES string of the molecule is C=COCCCCOCN([O-])C1=CC(C)C(NOCCCCOC=C)C=C1N([O-])OCCCCOC=C. The van der Waals surface area contributed by atoms with Gasteiger partial charge < -0.3 is 44.5 Å². The molecule has 0 fully saturated rings. The van der Waals surface area contributed by atoms with Gasteiger partial charge in [0.15, 0.2) is 0 Å². The van der Waals surface area contributed by atoms with Gasteiger partial charge in [-0.3, -0.25) is 4.84 Å². The van der Waals surface area contributed by atoms with Crippen LogP contribution in [-0.2, 0) is 28.6 Å². The van der Waals surface area contributed by atoms with E-state index in [4.69, 9.17) is 28.6 Å². The molecule has 0 radical (unpaired) electrons. The van der Waals surface area contributed by atoms with Crippen molar-refractivity contribution in [2.75, 3.05) is 46.4 Å². The van der Waals surface area contributed by atoms with E-state index < -0.39 is 0 Å². The molecule has 1 rings (SSSR count). The van der Waals surface area contributed by atoms with Gasteiger partial charge in [0.05, 0.1) is 63.6 Å². The molecule has 212 valence electrons. The fraction of sp³-hybridized carbons (Fsp3) is 0.615. The average Bonchev–Trinajstić information content (AvgIpc) is 2.89. The Morgan fingerprint density at radius 1 is 0.784 bits per heavy atom. The van der Waals surface area contributed by atoms with E-state index in [9.17, 15) is 10.4 Å². The zero-order valence-corrected chi connectivity index (χ0v) is 22.0. The Morgan fingerprint density at radius 2 is 1.32 bits per heavy atom.